The second kappa shape index (κ2) is 7.48. The van der Waals surface area contributed by atoms with Crippen molar-refractivity contribution in [1.29, 1.82) is 0 Å². The summed E-state index contributed by atoms with van der Waals surface area (Å²) in [4.78, 5) is 2.33. The molecule has 1 aliphatic heterocycles. The van der Waals surface area contributed by atoms with Gasteiger partial charge in [0.25, 0.3) is 0 Å². The number of methoxy groups -OCH3 is 1. The molecule has 0 aliphatic carbocycles. The molecule has 1 aromatic carbocycles. The zero-order valence-corrected chi connectivity index (χ0v) is 14.1. The van der Waals surface area contributed by atoms with E-state index in [2.05, 4.69) is 36.9 Å². The van der Waals surface area contributed by atoms with Crippen LogP contribution in [0.5, 0.6) is 0 Å². The lowest BCUT2D eigenvalue weighted by Crippen LogP contribution is -2.44. The first-order valence-corrected chi connectivity index (χ1v) is 8.24. The van der Waals surface area contributed by atoms with Crippen molar-refractivity contribution in [2.45, 2.75) is 45.3 Å². The molecule has 118 valence electrons. The molecule has 3 unspecified atom stereocenters. The van der Waals surface area contributed by atoms with Crippen LogP contribution in [0.25, 0.3) is 0 Å². The molecule has 0 amide bonds. The van der Waals surface area contributed by atoms with Crippen molar-refractivity contribution in [3.63, 3.8) is 0 Å². The molecule has 3 nitrogen and oxygen atoms in total. The Balaban J connectivity index is 2.10. The van der Waals surface area contributed by atoms with Gasteiger partial charge in [0, 0.05) is 26.2 Å². The van der Waals surface area contributed by atoms with Gasteiger partial charge in [0.1, 0.15) is 0 Å². The Kier molecular flexibility index (Phi) is 5.91. The van der Waals surface area contributed by atoms with Crippen molar-refractivity contribution in [3.05, 3.63) is 28.8 Å². The fourth-order valence-electron chi connectivity index (χ4n) is 2.94. The molecule has 2 rings (SSSR count). The van der Waals surface area contributed by atoms with Crippen LogP contribution in [0.1, 0.15) is 32.3 Å². The maximum Gasteiger partial charge on any atom is 0.0772 e. The summed E-state index contributed by atoms with van der Waals surface area (Å²) in [5.74, 6) is 0.604. The Labute approximate surface area is 133 Å². The number of nitrogens with zero attached hydrogens (tertiary/aromatic N) is 1. The Hall–Kier alpha value is -0.770. The average molecular weight is 311 g/mol. The number of halogens is 1. The quantitative estimate of drug-likeness (QED) is 0.905. The fourth-order valence-corrected chi connectivity index (χ4v) is 3.26. The second-order valence-corrected chi connectivity index (χ2v) is 6.55. The van der Waals surface area contributed by atoms with Crippen LogP contribution >= 0.6 is 11.6 Å². The minimum atomic E-state index is 0.209. The Morgan fingerprint density at radius 3 is 2.86 bits per heavy atom. The number of hydrogen-bond acceptors (Lipinski definition) is 3. The first-order valence-electron chi connectivity index (χ1n) is 7.86. The number of ether oxygens (including phenoxy) is 1. The molecule has 3 atom stereocenters. The molecule has 1 aromatic rings. The van der Waals surface area contributed by atoms with E-state index in [0.29, 0.717) is 5.92 Å². The van der Waals surface area contributed by atoms with Gasteiger partial charge in [0.05, 0.1) is 16.8 Å². The number of rotatable bonds is 5. The SMILES string of the molecule is CCC(N)Cc1ccc(N2CCC(C)C(OC)C2)c(Cl)c1. The van der Waals surface area contributed by atoms with Crippen LogP contribution in [-0.2, 0) is 11.2 Å². The van der Waals surface area contributed by atoms with Gasteiger partial charge in [0.15, 0.2) is 0 Å². The first kappa shape index (κ1) is 16.6. The highest BCUT2D eigenvalue weighted by Gasteiger charge is 2.27. The summed E-state index contributed by atoms with van der Waals surface area (Å²) in [7, 11) is 1.79. The maximum atomic E-state index is 6.49. The molecule has 1 heterocycles. The number of piperidine rings is 1. The van der Waals surface area contributed by atoms with Crippen molar-refractivity contribution in [2.75, 3.05) is 25.1 Å². The second-order valence-electron chi connectivity index (χ2n) is 6.14. The molecule has 0 aromatic heterocycles. The van der Waals surface area contributed by atoms with E-state index in [-0.39, 0.29) is 12.1 Å². The summed E-state index contributed by atoms with van der Waals surface area (Å²) in [6, 6.07) is 6.55. The van der Waals surface area contributed by atoms with Crippen molar-refractivity contribution in [1.82, 2.24) is 0 Å². The van der Waals surface area contributed by atoms with Gasteiger partial charge in [-0.1, -0.05) is 31.5 Å². The molecule has 0 saturated carbocycles. The number of anilines is 1. The van der Waals surface area contributed by atoms with Crippen LogP contribution in [0.3, 0.4) is 0 Å². The van der Waals surface area contributed by atoms with E-state index >= 15 is 0 Å². The van der Waals surface area contributed by atoms with E-state index in [4.69, 9.17) is 22.1 Å². The lowest BCUT2D eigenvalue weighted by molar-refractivity contribution is 0.0498. The minimum absolute atomic E-state index is 0.209. The summed E-state index contributed by atoms with van der Waals surface area (Å²) in [6.07, 6.45) is 3.28. The van der Waals surface area contributed by atoms with Crippen LogP contribution in [0.4, 0.5) is 5.69 Å². The van der Waals surface area contributed by atoms with Gasteiger partial charge in [-0.3, -0.25) is 0 Å². The zero-order valence-electron chi connectivity index (χ0n) is 13.3. The Morgan fingerprint density at radius 2 is 2.24 bits per heavy atom. The average Bonchev–Trinajstić information content (AvgIpc) is 2.48. The van der Waals surface area contributed by atoms with Gasteiger partial charge in [-0.25, -0.2) is 0 Å². The lowest BCUT2D eigenvalue weighted by Gasteiger charge is -2.38. The summed E-state index contributed by atoms with van der Waals surface area (Å²) in [5, 5.41) is 0.820. The van der Waals surface area contributed by atoms with Crippen LogP contribution in [0, 0.1) is 5.92 Å². The molecular weight excluding hydrogens is 284 g/mol. The van der Waals surface area contributed by atoms with Gasteiger partial charge < -0.3 is 15.4 Å². The molecule has 2 N–H and O–H groups in total. The summed E-state index contributed by atoms with van der Waals surface area (Å²) in [5.41, 5.74) is 8.34. The Bertz CT molecular complexity index is 466. The molecule has 0 spiro atoms. The molecule has 0 radical (unpaired) electrons. The molecule has 0 bridgehead atoms. The van der Waals surface area contributed by atoms with Gasteiger partial charge in [-0.15, -0.1) is 0 Å². The zero-order chi connectivity index (χ0) is 15.4. The molecular formula is C17H27ClN2O. The molecule has 1 saturated heterocycles. The van der Waals surface area contributed by atoms with Crippen LogP contribution in [-0.4, -0.2) is 32.3 Å². The van der Waals surface area contributed by atoms with Gasteiger partial charge >= 0.3 is 0 Å². The summed E-state index contributed by atoms with van der Waals surface area (Å²) >= 11 is 6.49. The monoisotopic (exact) mass is 310 g/mol. The normalized spacial score (nSPS) is 24.1. The lowest BCUT2D eigenvalue weighted by atomic mass is 9.95. The molecule has 4 heteroatoms. The first-order chi connectivity index (χ1) is 10.0. The maximum absolute atomic E-state index is 6.49. The highest BCUT2D eigenvalue weighted by atomic mass is 35.5. The fraction of sp³-hybridized carbons (Fsp3) is 0.647. The third-order valence-electron chi connectivity index (χ3n) is 4.57. The predicted molar refractivity (Wildman–Crippen MR) is 90.2 cm³/mol. The minimum Gasteiger partial charge on any atom is -0.379 e. The van der Waals surface area contributed by atoms with E-state index < -0.39 is 0 Å². The smallest absolute Gasteiger partial charge is 0.0772 e. The number of hydrogen-bond donors (Lipinski definition) is 1. The van der Waals surface area contributed by atoms with E-state index in [1.54, 1.807) is 7.11 Å². The molecule has 1 fully saturated rings. The van der Waals surface area contributed by atoms with Crippen molar-refractivity contribution in [2.24, 2.45) is 11.7 Å². The number of nitrogens with two attached hydrogens (primary N) is 1. The third kappa shape index (κ3) is 4.12. The largest absolute Gasteiger partial charge is 0.379 e. The Morgan fingerprint density at radius 1 is 1.48 bits per heavy atom. The van der Waals surface area contributed by atoms with Crippen LogP contribution in [0.15, 0.2) is 18.2 Å². The standard InChI is InChI=1S/C17H27ClN2O/c1-4-14(19)9-13-5-6-16(15(18)10-13)20-8-7-12(2)17(11-20)21-3/h5-6,10,12,14,17H,4,7-9,11,19H2,1-3H3. The van der Waals surface area contributed by atoms with E-state index in [9.17, 15) is 0 Å². The number of benzene rings is 1. The van der Waals surface area contributed by atoms with Crippen molar-refractivity contribution >= 4 is 17.3 Å². The van der Waals surface area contributed by atoms with Gasteiger partial charge in [-0.05, 0) is 42.9 Å². The van der Waals surface area contributed by atoms with E-state index in [0.717, 1.165) is 43.1 Å². The van der Waals surface area contributed by atoms with Crippen LogP contribution < -0.4 is 10.6 Å². The van der Waals surface area contributed by atoms with Crippen molar-refractivity contribution < 1.29 is 4.74 Å². The highest BCUT2D eigenvalue weighted by Crippen LogP contribution is 2.31. The summed E-state index contributed by atoms with van der Waals surface area (Å²) in [6.45, 7) is 6.31. The molecule has 21 heavy (non-hydrogen) atoms. The topological polar surface area (TPSA) is 38.5 Å². The van der Waals surface area contributed by atoms with E-state index in [1.807, 2.05) is 0 Å². The van der Waals surface area contributed by atoms with E-state index in [1.165, 1.54) is 5.56 Å². The third-order valence-corrected chi connectivity index (χ3v) is 4.87. The summed E-state index contributed by atoms with van der Waals surface area (Å²) < 4.78 is 5.58. The highest BCUT2D eigenvalue weighted by molar-refractivity contribution is 6.33. The van der Waals surface area contributed by atoms with Gasteiger partial charge in [0.2, 0.25) is 0 Å². The predicted octanol–water partition coefficient (Wildman–Crippen LogP) is 3.48. The molecule has 1 aliphatic rings. The van der Waals surface area contributed by atoms with Crippen LogP contribution in [0.2, 0.25) is 5.02 Å². The van der Waals surface area contributed by atoms with Gasteiger partial charge in [-0.2, -0.15) is 0 Å². The van der Waals surface area contributed by atoms with Crippen molar-refractivity contribution in [3.8, 4) is 0 Å².